The average molecular weight is 281 g/mol. The van der Waals surface area contributed by atoms with Crippen molar-refractivity contribution in [2.24, 2.45) is 7.05 Å². The highest BCUT2D eigenvalue weighted by molar-refractivity contribution is 5.70. The van der Waals surface area contributed by atoms with Crippen LogP contribution in [0.1, 0.15) is 58.3 Å². The van der Waals surface area contributed by atoms with Gasteiger partial charge in [0.15, 0.2) is 0 Å². The number of hydrogen-bond acceptors (Lipinski definition) is 4. The van der Waals surface area contributed by atoms with Crippen molar-refractivity contribution in [2.45, 2.75) is 52.5 Å². The van der Waals surface area contributed by atoms with Gasteiger partial charge < -0.3 is 10.1 Å². The van der Waals surface area contributed by atoms with Gasteiger partial charge in [-0.05, 0) is 13.5 Å². The monoisotopic (exact) mass is 281 g/mol. The van der Waals surface area contributed by atoms with E-state index in [-0.39, 0.29) is 17.4 Å². The summed E-state index contributed by atoms with van der Waals surface area (Å²) in [5, 5.41) is 7.92. The lowest BCUT2D eigenvalue weighted by molar-refractivity contribution is -0.143. The van der Waals surface area contributed by atoms with Crippen molar-refractivity contribution in [3.63, 3.8) is 0 Å². The van der Waals surface area contributed by atoms with Crippen LogP contribution in [0.5, 0.6) is 0 Å². The Bertz CT molecular complexity index is 446. The molecule has 1 atom stereocenters. The molecular weight excluding hydrogens is 254 g/mol. The maximum atomic E-state index is 11.8. The summed E-state index contributed by atoms with van der Waals surface area (Å²) < 4.78 is 6.88. The van der Waals surface area contributed by atoms with Gasteiger partial charge in [-0.2, -0.15) is 5.10 Å². The zero-order valence-corrected chi connectivity index (χ0v) is 13.5. The van der Waals surface area contributed by atoms with Gasteiger partial charge in [0.05, 0.1) is 18.7 Å². The average Bonchev–Trinajstić information content (AvgIpc) is 2.71. The van der Waals surface area contributed by atoms with Crippen LogP contribution in [0, 0.1) is 0 Å². The Labute approximate surface area is 121 Å². The van der Waals surface area contributed by atoms with Crippen LogP contribution in [0.4, 0.5) is 0 Å². The minimum absolute atomic E-state index is 0.0537. The minimum atomic E-state index is -0.179. The predicted octanol–water partition coefficient (Wildman–Crippen LogP) is 2.32. The largest absolute Gasteiger partial charge is 0.466 e. The Morgan fingerprint density at radius 2 is 2.10 bits per heavy atom. The van der Waals surface area contributed by atoms with Gasteiger partial charge in [-0.1, -0.05) is 27.7 Å². The van der Waals surface area contributed by atoms with Crippen molar-refractivity contribution in [1.82, 2.24) is 15.1 Å². The van der Waals surface area contributed by atoms with Crippen LogP contribution < -0.4 is 5.32 Å². The smallest absolute Gasteiger partial charge is 0.307 e. The fourth-order valence-electron chi connectivity index (χ4n) is 2.27. The Kier molecular flexibility index (Phi) is 5.74. The number of carbonyl (C=O) groups is 1. The van der Waals surface area contributed by atoms with Crippen LogP contribution >= 0.6 is 0 Å². The van der Waals surface area contributed by atoms with Crippen LogP contribution in [0.25, 0.3) is 0 Å². The van der Waals surface area contributed by atoms with Crippen molar-refractivity contribution in [3.8, 4) is 0 Å². The molecule has 1 heterocycles. The van der Waals surface area contributed by atoms with Crippen molar-refractivity contribution < 1.29 is 9.53 Å². The maximum absolute atomic E-state index is 11.8. The molecule has 0 spiro atoms. The van der Waals surface area contributed by atoms with E-state index in [9.17, 15) is 4.79 Å². The second-order valence-corrected chi connectivity index (χ2v) is 5.98. The van der Waals surface area contributed by atoms with E-state index in [1.807, 2.05) is 31.8 Å². The van der Waals surface area contributed by atoms with Crippen LogP contribution in [0.2, 0.25) is 0 Å². The quantitative estimate of drug-likeness (QED) is 0.813. The number of esters is 1. The normalized spacial score (nSPS) is 13.3. The Morgan fingerprint density at radius 1 is 1.45 bits per heavy atom. The summed E-state index contributed by atoms with van der Waals surface area (Å²) >= 11 is 0. The van der Waals surface area contributed by atoms with E-state index in [1.165, 1.54) is 0 Å². The van der Waals surface area contributed by atoms with Crippen LogP contribution in [-0.2, 0) is 22.0 Å². The molecule has 1 aromatic rings. The molecule has 0 fully saturated rings. The molecule has 0 aliphatic rings. The molecule has 0 amide bonds. The first kappa shape index (κ1) is 16.7. The molecule has 0 saturated heterocycles. The molecule has 0 aliphatic carbocycles. The summed E-state index contributed by atoms with van der Waals surface area (Å²) in [5.41, 5.74) is 2.05. The van der Waals surface area contributed by atoms with Crippen molar-refractivity contribution in [1.29, 1.82) is 0 Å². The zero-order chi connectivity index (χ0) is 15.3. The van der Waals surface area contributed by atoms with E-state index >= 15 is 0 Å². The van der Waals surface area contributed by atoms with Gasteiger partial charge in [0, 0.05) is 30.3 Å². The van der Waals surface area contributed by atoms with Crippen LogP contribution in [0.15, 0.2) is 6.20 Å². The number of rotatable bonds is 6. The third-order valence-corrected chi connectivity index (χ3v) is 3.07. The SMILES string of the molecule is CCNC(CC(=O)OCC)c1cn(C)nc1C(C)(C)C. The Hall–Kier alpha value is -1.36. The molecular formula is C15H27N3O2. The molecule has 1 aromatic heterocycles. The van der Waals surface area contributed by atoms with Gasteiger partial charge in [-0.3, -0.25) is 9.48 Å². The zero-order valence-electron chi connectivity index (χ0n) is 13.5. The molecule has 1 rings (SSSR count). The first-order valence-electron chi connectivity index (χ1n) is 7.22. The molecule has 20 heavy (non-hydrogen) atoms. The Morgan fingerprint density at radius 3 is 2.60 bits per heavy atom. The molecule has 0 aromatic carbocycles. The van der Waals surface area contributed by atoms with Gasteiger partial charge in [-0.15, -0.1) is 0 Å². The third-order valence-electron chi connectivity index (χ3n) is 3.07. The van der Waals surface area contributed by atoms with Crippen LogP contribution in [-0.4, -0.2) is 28.9 Å². The van der Waals surface area contributed by atoms with Crippen molar-refractivity contribution >= 4 is 5.97 Å². The molecule has 1 N–H and O–H groups in total. The lowest BCUT2D eigenvalue weighted by Gasteiger charge is -2.22. The molecule has 5 nitrogen and oxygen atoms in total. The summed E-state index contributed by atoms with van der Waals surface area (Å²) in [7, 11) is 1.91. The summed E-state index contributed by atoms with van der Waals surface area (Å²) in [6.45, 7) is 11.5. The fourth-order valence-corrected chi connectivity index (χ4v) is 2.27. The number of nitrogens with one attached hydrogen (secondary N) is 1. The topological polar surface area (TPSA) is 56.1 Å². The summed E-state index contributed by atoms with van der Waals surface area (Å²) in [6.07, 6.45) is 2.32. The number of hydrogen-bond donors (Lipinski definition) is 1. The maximum Gasteiger partial charge on any atom is 0.307 e. The summed E-state index contributed by atoms with van der Waals surface area (Å²) in [4.78, 5) is 11.8. The number of aryl methyl sites for hydroxylation is 1. The molecule has 0 radical (unpaired) electrons. The second kappa shape index (κ2) is 6.88. The lowest BCUT2D eigenvalue weighted by atomic mass is 9.87. The van der Waals surface area contributed by atoms with E-state index in [2.05, 4.69) is 31.2 Å². The number of aromatic nitrogens is 2. The van der Waals surface area contributed by atoms with E-state index in [1.54, 1.807) is 0 Å². The number of ether oxygens (including phenoxy) is 1. The highest BCUT2D eigenvalue weighted by atomic mass is 16.5. The number of nitrogens with zero attached hydrogens (tertiary/aromatic N) is 2. The third kappa shape index (κ3) is 4.34. The molecule has 114 valence electrons. The summed E-state index contributed by atoms with van der Waals surface area (Å²) in [5.74, 6) is -0.179. The standard InChI is InChI=1S/C15H27N3O2/c1-7-16-12(9-13(19)20-8-2)11-10-18(6)17-14(11)15(3,4)5/h10,12,16H,7-9H2,1-6H3. The fraction of sp³-hybridized carbons (Fsp3) is 0.733. The van der Waals surface area contributed by atoms with E-state index < -0.39 is 0 Å². The molecule has 5 heteroatoms. The minimum Gasteiger partial charge on any atom is -0.466 e. The van der Waals surface area contributed by atoms with Gasteiger partial charge in [0.2, 0.25) is 0 Å². The molecule has 1 unspecified atom stereocenters. The highest BCUT2D eigenvalue weighted by Crippen LogP contribution is 2.30. The second-order valence-electron chi connectivity index (χ2n) is 5.98. The van der Waals surface area contributed by atoms with Gasteiger partial charge >= 0.3 is 5.97 Å². The van der Waals surface area contributed by atoms with E-state index in [0.717, 1.165) is 17.8 Å². The van der Waals surface area contributed by atoms with E-state index in [0.29, 0.717) is 13.0 Å². The first-order valence-corrected chi connectivity index (χ1v) is 7.22. The van der Waals surface area contributed by atoms with Crippen molar-refractivity contribution in [3.05, 3.63) is 17.5 Å². The van der Waals surface area contributed by atoms with E-state index in [4.69, 9.17) is 4.74 Å². The van der Waals surface area contributed by atoms with Gasteiger partial charge in [0.1, 0.15) is 0 Å². The lowest BCUT2D eigenvalue weighted by Crippen LogP contribution is -2.27. The molecule has 0 bridgehead atoms. The van der Waals surface area contributed by atoms with Gasteiger partial charge in [-0.25, -0.2) is 0 Å². The predicted molar refractivity (Wildman–Crippen MR) is 79.6 cm³/mol. The molecule has 0 aliphatic heterocycles. The summed E-state index contributed by atoms with van der Waals surface area (Å²) in [6, 6.07) is -0.0537. The van der Waals surface area contributed by atoms with Gasteiger partial charge in [0.25, 0.3) is 0 Å². The highest BCUT2D eigenvalue weighted by Gasteiger charge is 2.27. The number of carbonyl (C=O) groups excluding carboxylic acids is 1. The van der Waals surface area contributed by atoms with Crippen LogP contribution in [0.3, 0.4) is 0 Å². The van der Waals surface area contributed by atoms with Crippen molar-refractivity contribution in [2.75, 3.05) is 13.2 Å². The Balaban J connectivity index is 3.05. The first-order chi connectivity index (χ1) is 9.29. The molecule has 0 saturated carbocycles.